The van der Waals surface area contributed by atoms with Gasteiger partial charge in [-0.3, -0.25) is 4.79 Å². The fourth-order valence-corrected chi connectivity index (χ4v) is 2.82. The number of ketones is 1. The molecule has 0 aliphatic heterocycles. The number of Topliss-reactive ketones (excluding diaryl/α,β-unsaturated/α-hetero) is 1. The first kappa shape index (κ1) is 12.4. The molecule has 0 unspecified atom stereocenters. The molecular formula is C13H22N2O2. The highest BCUT2D eigenvalue weighted by Crippen LogP contribution is 2.21. The predicted molar refractivity (Wildman–Crippen MR) is 65.8 cm³/mol. The van der Waals surface area contributed by atoms with Crippen LogP contribution in [0.4, 0.5) is 4.79 Å². The number of rotatable bonds is 2. The maximum atomic E-state index is 12.0. The molecule has 2 saturated carbocycles. The van der Waals surface area contributed by atoms with E-state index in [-0.39, 0.29) is 12.1 Å². The van der Waals surface area contributed by atoms with Crippen LogP contribution in [0.25, 0.3) is 0 Å². The normalized spacial score (nSPS) is 22.8. The van der Waals surface area contributed by atoms with Crippen molar-refractivity contribution >= 4 is 11.8 Å². The Morgan fingerprint density at radius 2 is 1.76 bits per heavy atom. The first-order valence-electron chi connectivity index (χ1n) is 6.72. The van der Waals surface area contributed by atoms with Crippen molar-refractivity contribution in [1.82, 2.24) is 10.2 Å². The van der Waals surface area contributed by atoms with Crippen LogP contribution in [0.5, 0.6) is 0 Å². The monoisotopic (exact) mass is 238 g/mol. The van der Waals surface area contributed by atoms with Gasteiger partial charge in [0.1, 0.15) is 5.78 Å². The van der Waals surface area contributed by atoms with Crippen molar-refractivity contribution < 1.29 is 9.59 Å². The van der Waals surface area contributed by atoms with Gasteiger partial charge in [-0.05, 0) is 25.7 Å². The van der Waals surface area contributed by atoms with Gasteiger partial charge in [0.2, 0.25) is 0 Å². The Morgan fingerprint density at radius 3 is 2.35 bits per heavy atom. The zero-order chi connectivity index (χ0) is 12.3. The molecule has 0 radical (unpaired) electrons. The van der Waals surface area contributed by atoms with Gasteiger partial charge in [0.15, 0.2) is 0 Å². The molecule has 0 aromatic rings. The topological polar surface area (TPSA) is 49.4 Å². The molecule has 2 aliphatic carbocycles. The molecule has 4 heteroatoms. The van der Waals surface area contributed by atoms with E-state index < -0.39 is 0 Å². The van der Waals surface area contributed by atoms with Gasteiger partial charge in [0.05, 0.1) is 0 Å². The number of nitrogens with one attached hydrogen (secondary N) is 1. The van der Waals surface area contributed by atoms with E-state index in [1.807, 2.05) is 7.05 Å². The summed E-state index contributed by atoms with van der Waals surface area (Å²) in [5.41, 5.74) is 0. The van der Waals surface area contributed by atoms with Gasteiger partial charge in [-0.25, -0.2) is 4.79 Å². The zero-order valence-electron chi connectivity index (χ0n) is 10.6. The Labute approximate surface area is 103 Å². The Kier molecular flexibility index (Phi) is 4.02. The van der Waals surface area contributed by atoms with Crippen molar-refractivity contribution in [3.05, 3.63) is 0 Å². The van der Waals surface area contributed by atoms with Gasteiger partial charge in [0, 0.05) is 32.0 Å². The molecule has 0 aromatic carbocycles. The van der Waals surface area contributed by atoms with Crippen LogP contribution in [-0.4, -0.2) is 35.8 Å². The van der Waals surface area contributed by atoms with Gasteiger partial charge >= 0.3 is 6.03 Å². The summed E-state index contributed by atoms with van der Waals surface area (Å²) in [5.74, 6) is 0.339. The quantitative estimate of drug-likeness (QED) is 0.800. The molecule has 0 heterocycles. The van der Waals surface area contributed by atoms with E-state index in [0.717, 1.165) is 25.7 Å². The van der Waals surface area contributed by atoms with E-state index in [1.54, 1.807) is 4.90 Å². The molecule has 1 N–H and O–H groups in total. The van der Waals surface area contributed by atoms with E-state index in [2.05, 4.69) is 5.32 Å². The van der Waals surface area contributed by atoms with Crippen molar-refractivity contribution in [2.45, 2.75) is 63.5 Å². The maximum Gasteiger partial charge on any atom is 0.317 e. The highest BCUT2D eigenvalue weighted by Gasteiger charge is 2.26. The molecule has 96 valence electrons. The van der Waals surface area contributed by atoms with E-state index >= 15 is 0 Å². The largest absolute Gasteiger partial charge is 0.335 e. The second-order valence-electron chi connectivity index (χ2n) is 5.31. The van der Waals surface area contributed by atoms with Crippen molar-refractivity contribution in [3.8, 4) is 0 Å². The van der Waals surface area contributed by atoms with Gasteiger partial charge in [-0.15, -0.1) is 0 Å². The highest BCUT2D eigenvalue weighted by molar-refractivity contribution is 5.80. The van der Waals surface area contributed by atoms with E-state index in [9.17, 15) is 9.59 Å². The molecule has 0 aromatic heterocycles. The van der Waals surface area contributed by atoms with Crippen LogP contribution < -0.4 is 5.32 Å². The third-order valence-electron chi connectivity index (χ3n) is 4.06. The van der Waals surface area contributed by atoms with Gasteiger partial charge in [-0.2, -0.15) is 0 Å². The molecule has 0 spiro atoms. The molecular weight excluding hydrogens is 216 g/mol. The van der Waals surface area contributed by atoms with Crippen LogP contribution in [0.2, 0.25) is 0 Å². The maximum absolute atomic E-state index is 12.0. The second kappa shape index (κ2) is 5.52. The summed E-state index contributed by atoms with van der Waals surface area (Å²) in [6.45, 7) is 0. The fraction of sp³-hybridized carbons (Fsp3) is 0.846. The number of nitrogens with zero attached hydrogens (tertiary/aromatic N) is 1. The molecule has 0 saturated heterocycles. The lowest BCUT2D eigenvalue weighted by Crippen LogP contribution is -2.47. The lowest BCUT2D eigenvalue weighted by atomic mass is 9.93. The van der Waals surface area contributed by atoms with E-state index in [0.29, 0.717) is 24.7 Å². The first-order valence-corrected chi connectivity index (χ1v) is 6.72. The van der Waals surface area contributed by atoms with Crippen molar-refractivity contribution in [1.29, 1.82) is 0 Å². The minimum absolute atomic E-state index is 0.0382. The number of carbonyl (C=O) groups is 2. The summed E-state index contributed by atoms with van der Waals surface area (Å²) < 4.78 is 0. The first-order chi connectivity index (χ1) is 8.16. The summed E-state index contributed by atoms with van der Waals surface area (Å²) in [4.78, 5) is 25.0. The smallest absolute Gasteiger partial charge is 0.317 e. The molecule has 0 atom stereocenters. The molecule has 4 nitrogen and oxygen atoms in total. The summed E-state index contributed by atoms with van der Waals surface area (Å²) in [5, 5.41) is 3.09. The van der Waals surface area contributed by atoms with Crippen LogP contribution in [-0.2, 0) is 4.79 Å². The van der Waals surface area contributed by atoms with Crippen molar-refractivity contribution in [2.24, 2.45) is 0 Å². The lowest BCUT2D eigenvalue weighted by molar-refractivity contribution is -0.121. The van der Waals surface area contributed by atoms with Gasteiger partial charge in [0.25, 0.3) is 0 Å². The van der Waals surface area contributed by atoms with Gasteiger partial charge in [-0.1, -0.05) is 12.8 Å². The molecule has 2 rings (SSSR count). The van der Waals surface area contributed by atoms with Crippen molar-refractivity contribution in [2.75, 3.05) is 7.05 Å². The summed E-state index contributed by atoms with van der Waals surface area (Å²) in [6, 6.07) is 0.653. The Hall–Kier alpha value is -1.06. The minimum atomic E-state index is 0.0382. The number of hydrogen-bond acceptors (Lipinski definition) is 2. The van der Waals surface area contributed by atoms with Gasteiger partial charge < -0.3 is 10.2 Å². The summed E-state index contributed by atoms with van der Waals surface area (Å²) in [6.07, 6.45) is 7.60. The lowest BCUT2D eigenvalue weighted by Gasteiger charge is -2.31. The number of carbonyl (C=O) groups excluding carboxylic acids is 2. The standard InChI is InChI=1S/C13H22N2O2/c1-15(11-6-8-12(16)9-7-11)13(17)14-10-4-2-3-5-10/h10-11H,2-9H2,1H3,(H,14,17). The summed E-state index contributed by atoms with van der Waals surface area (Å²) in [7, 11) is 1.85. The third-order valence-corrected chi connectivity index (χ3v) is 4.06. The molecule has 2 aliphatic rings. The molecule has 17 heavy (non-hydrogen) atoms. The molecule has 0 bridgehead atoms. The number of amides is 2. The van der Waals surface area contributed by atoms with Crippen LogP contribution in [0.3, 0.4) is 0 Å². The SMILES string of the molecule is CN(C(=O)NC1CCCC1)C1CCC(=O)CC1. The van der Waals surface area contributed by atoms with Crippen LogP contribution >= 0.6 is 0 Å². The third kappa shape index (κ3) is 3.20. The highest BCUT2D eigenvalue weighted by atomic mass is 16.2. The number of hydrogen-bond donors (Lipinski definition) is 1. The van der Waals surface area contributed by atoms with E-state index in [4.69, 9.17) is 0 Å². The predicted octanol–water partition coefficient (Wildman–Crippen LogP) is 2.08. The average Bonchev–Trinajstić information content (AvgIpc) is 2.82. The van der Waals surface area contributed by atoms with Crippen LogP contribution in [0, 0.1) is 0 Å². The molecule has 2 fully saturated rings. The number of urea groups is 1. The Morgan fingerprint density at radius 1 is 1.18 bits per heavy atom. The minimum Gasteiger partial charge on any atom is -0.335 e. The second-order valence-corrected chi connectivity index (χ2v) is 5.31. The van der Waals surface area contributed by atoms with Crippen molar-refractivity contribution in [3.63, 3.8) is 0 Å². The van der Waals surface area contributed by atoms with Crippen LogP contribution in [0.1, 0.15) is 51.4 Å². The Bertz CT molecular complexity index is 288. The van der Waals surface area contributed by atoms with E-state index in [1.165, 1.54) is 12.8 Å². The zero-order valence-corrected chi connectivity index (χ0v) is 10.6. The fourth-order valence-electron chi connectivity index (χ4n) is 2.82. The Balaban J connectivity index is 1.79. The molecule has 2 amide bonds. The summed E-state index contributed by atoms with van der Waals surface area (Å²) >= 11 is 0. The van der Waals surface area contributed by atoms with Crippen LogP contribution in [0.15, 0.2) is 0 Å². The average molecular weight is 238 g/mol.